The number of pyridine rings is 1. The summed E-state index contributed by atoms with van der Waals surface area (Å²) in [6, 6.07) is 6.07. The van der Waals surface area contributed by atoms with Gasteiger partial charge in [0.05, 0.1) is 5.60 Å². The van der Waals surface area contributed by atoms with Gasteiger partial charge in [-0.3, -0.25) is 16.3 Å². The van der Waals surface area contributed by atoms with E-state index in [0.717, 1.165) is 18.5 Å². The van der Waals surface area contributed by atoms with Gasteiger partial charge in [-0.05, 0) is 32.4 Å². The van der Waals surface area contributed by atoms with Gasteiger partial charge in [0, 0.05) is 31.5 Å². The van der Waals surface area contributed by atoms with Crippen molar-refractivity contribution >= 4 is 0 Å². The Balaban J connectivity index is 2.56. The summed E-state index contributed by atoms with van der Waals surface area (Å²) < 4.78 is 5.39. The first-order valence-electron chi connectivity index (χ1n) is 5.48. The van der Waals surface area contributed by atoms with E-state index in [0.29, 0.717) is 0 Å². The van der Waals surface area contributed by atoms with Crippen molar-refractivity contribution in [2.24, 2.45) is 5.84 Å². The molecule has 1 rings (SSSR count). The highest BCUT2D eigenvalue weighted by Gasteiger charge is 2.22. The Morgan fingerprint density at radius 1 is 1.50 bits per heavy atom. The maximum atomic E-state index is 5.55. The fourth-order valence-corrected chi connectivity index (χ4v) is 1.64. The second-order valence-electron chi connectivity index (χ2n) is 4.56. The van der Waals surface area contributed by atoms with Crippen molar-refractivity contribution in [1.82, 2.24) is 10.4 Å². The monoisotopic (exact) mass is 223 g/mol. The zero-order chi connectivity index (χ0) is 12.0. The lowest BCUT2D eigenvalue weighted by molar-refractivity contribution is 0.00704. The van der Waals surface area contributed by atoms with E-state index in [9.17, 15) is 0 Å². The van der Waals surface area contributed by atoms with E-state index in [-0.39, 0.29) is 11.6 Å². The summed E-state index contributed by atoms with van der Waals surface area (Å²) in [5.74, 6) is 5.55. The first-order chi connectivity index (χ1) is 7.57. The molecule has 0 aliphatic rings. The molecule has 0 aromatic carbocycles. The summed E-state index contributed by atoms with van der Waals surface area (Å²) in [5, 5.41) is 0. The van der Waals surface area contributed by atoms with Crippen LogP contribution in [0.3, 0.4) is 0 Å². The smallest absolute Gasteiger partial charge is 0.0638 e. The van der Waals surface area contributed by atoms with Crippen LogP contribution >= 0.6 is 0 Å². The van der Waals surface area contributed by atoms with Gasteiger partial charge in [-0.15, -0.1) is 0 Å². The highest BCUT2D eigenvalue weighted by atomic mass is 16.5. The zero-order valence-electron chi connectivity index (χ0n) is 10.2. The minimum atomic E-state index is -0.175. The average Bonchev–Trinajstić information content (AvgIpc) is 2.29. The summed E-state index contributed by atoms with van der Waals surface area (Å²) in [7, 11) is 1.72. The van der Waals surface area contributed by atoms with E-state index in [4.69, 9.17) is 10.6 Å². The minimum absolute atomic E-state index is 0.171. The lowest BCUT2D eigenvalue weighted by Crippen LogP contribution is -2.42. The summed E-state index contributed by atoms with van der Waals surface area (Å²) in [6.45, 7) is 4.10. The number of nitrogens with one attached hydrogen (secondary N) is 1. The van der Waals surface area contributed by atoms with Gasteiger partial charge in [0.25, 0.3) is 0 Å². The van der Waals surface area contributed by atoms with Crippen LogP contribution in [0.4, 0.5) is 0 Å². The highest BCUT2D eigenvalue weighted by molar-refractivity contribution is 5.05. The molecular formula is C12H21N3O. The molecule has 0 saturated carbocycles. The van der Waals surface area contributed by atoms with Gasteiger partial charge in [-0.2, -0.15) is 0 Å². The molecule has 0 aliphatic carbocycles. The van der Waals surface area contributed by atoms with E-state index in [1.165, 1.54) is 0 Å². The fourth-order valence-electron chi connectivity index (χ4n) is 1.64. The van der Waals surface area contributed by atoms with Gasteiger partial charge in [0.15, 0.2) is 0 Å². The topological polar surface area (TPSA) is 60.2 Å². The van der Waals surface area contributed by atoms with Gasteiger partial charge >= 0.3 is 0 Å². The Labute approximate surface area is 97.2 Å². The molecule has 1 aromatic rings. The number of nitrogens with zero attached hydrogens (tertiary/aromatic N) is 1. The van der Waals surface area contributed by atoms with Crippen LogP contribution in [0.1, 0.15) is 26.0 Å². The van der Waals surface area contributed by atoms with Gasteiger partial charge in [0.2, 0.25) is 0 Å². The van der Waals surface area contributed by atoms with Gasteiger partial charge in [-0.1, -0.05) is 6.07 Å². The number of hydrazine groups is 1. The van der Waals surface area contributed by atoms with Gasteiger partial charge in [-0.25, -0.2) is 0 Å². The summed E-state index contributed by atoms with van der Waals surface area (Å²) >= 11 is 0. The van der Waals surface area contributed by atoms with Crippen molar-refractivity contribution in [2.45, 2.75) is 38.3 Å². The number of ether oxygens (including phenoxy) is 1. The lowest BCUT2D eigenvalue weighted by Gasteiger charge is -2.28. The molecule has 0 fully saturated rings. The second kappa shape index (κ2) is 5.94. The Hall–Kier alpha value is -0.970. The molecular weight excluding hydrogens is 202 g/mol. The van der Waals surface area contributed by atoms with Crippen molar-refractivity contribution in [2.75, 3.05) is 7.11 Å². The Morgan fingerprint density at radius 3 is 2.75 bits per heavy atom. The highest BCUT2D eigenvalue weighted by Crippen LogP contribution is 2.17. The fraction of sp³-hybridized carbons (Fsp3) is 0.583. The van der Waals surface area contributed by atoms with Crippen LogP contribution in [0.5, 0.6) is 0 Å². The molecule has 0 aliphatic heterocycles. The SMILES string of the molecule is COC(C)(C)CC(Cc1ccccn1)NN. The predicted molar refractivity (Wildman–Crippen MR) is 64.8 cm³/mol. The zero-order valence-corrected chi connectivity index (χ0v) is 10.2. The van der Waals surface area contributed by atoms with E-state index >= 15 is 0 Å². The molecule has 0 saturated heterocycles. The molecule has 3 N–H and O–H groups in total. The number of aromatic nitrogens is 1. The Bertz CT molecular complexity index is 300. The van der Waals surface area contributed by atoms with Crippen LogP contribution in [0.25, 0.3) is 0 Å². The molecule has 1 aromatic heterocycles. The number of hydrogen-bond acceptors (Lipinski definition) is 4. The predicted octanol–water partition coefficient (Wildman–Crippen LogP) is 1.27. The van der Waals surface area contributed by atoms with Crippen LogP contribution in [0.2, 0.25) is 0 Å². The number of nitrogens with two attached hydrogens (primary N) is 1. The van der Waals surface area contributed by atoms with Gasteiger partial charge < -0.3 is 4.74 Å². The van der Waals surface area contributed by atoms with E-state index in [2.05, 4.69) is 24.3 Å². The van der Waals surface area contributed by atoms with Crippen LogP contribution in [0, 0.1) is 0 Å². The van der Waals surface area contributed by atoms with Crippen molar-refractivity contribution in [3.05, 3.63) is 30.1 Å². The molecule has 16 heavy (non-hydrogen) atoms. The third-order valence-electron chi connectivity index (χ3n) is 2.71. The summed E-state index contributed by atoms with van der Waals surface area (Å²) in [6.07, 6.45) is 3.45. The minimum Gasteiger partial charge on any atom is -0.379 e. The Morgan fingerprint density at radius 2 is 2.25 bits per heavy atom. The van der Waals surface area contributed by atoms with Crippen molar-refractivity contribution in [1.29, 1.82) is 0 Å². The molecule has 1 unspecified atom stereocenters. The molecule has 4 heteroatoms. The second-order valence-corrected chi connectivity index (χ2v) is 4.56. The summed E-state index contributed by atoms with van der Waals surface area (Å²) in [5.41, 5.74) is 3.69. The van der Waals surface area contributed by atoms with Crippen molar-refractivity contribution in [3.63, 3.8) is 0 Å². The van der Waals surface area contributed by atoms with Crippen molar-refractivity contribution in [3.8, 4) is 0 Å². The molecule has 90 valence electrons. The summed E-state index contributed by atoms with van der Waals surface area (Å²) in [4.78, 5) is 4.29. The number of hydrogen-bond donors (Lipinski definition) is 2. The largest absolute Gasteiger partial charge is 0.379 e. The maximum absolute atomic E-state index is 5.55. The van der Waals surface area contributed by atoms with Gasteiger partial charge in [0.1, 0.15) is 0 Å². The molecule has 0 bridgehead atoms. The molecule has 1 atom stereocenters. The molecule has 0 spiro atoms. The lowest BCUT2D eigenvalue weighted by atomic mass is 9.96. The first kappa shape index (κ1) is 13.1. The van der Waals surface area contributed by atoms with E-state index in [1.54, 1.807) is 13.3 Å². The average molecular weight is 223 g/mol. The quantitative estimate of drug-likeness (QED) is 0.563. The third kappa shape index (κ3) is 4.26. The van der Waals surface area contributed by atoms with Crippen LogP contribution < -0.4 is 11.3 Å². The molecule has 0 amide bonds. The maximum Gasteiger partial charge on any atom is 0.0638 e. The normalized spacial score (nSPS) is 13.8. The van der Waals surface area contributed by atoms with Crippen LogP contribution in [0.15, 0.2) is 24.4 Å². The third-order valence-corrected chi connectivity index (χ3v) is 2.71. The van der Waals surface area contributed by atoms with E-state index < -0.39 is 0 Å². The molecule has 0 radical (unpaired) electrons. The van der Waals surface area contributed by atoms with Crippen LogP contribution in [-0.4, -0.2) is 23.7 Å². The van der Waals surface area contributed by atoms with Crippen molar-refractivity contribution < 1.29 is 4.74 Å². The van der Waals surface area contributed by atoms with E-state index in [1.807, 2.05) is 18.2 Å². The number of rotatable bonds is 6. The standard InChI is InChI=1S/C12H21N3O/c1-12(2,16-3)9-11(15-13)8-10-6-4-5-7-14-10/h4-7,11,15H,8-9,13H2,1-3H3. The number of methoxy groups -OCH3 is 1. The first-order valence-corrected chi connectivity index (χ1v) is 5.48. The molecule has 1 heterocycles. The van der Waals surface area contributed by atoms with Crippen LogP contribution in [-0.2, 0) is 11.2 Å². The Kier molecular flexibility index (Phi) is 4.86. The molecule has 4 nitrogen and oxygen atoms in total.